The molecule has 102 valence electrons. The van der Waals surface area contributed by atoms with Gasteiger partial charge in [-0.3, -0.25) is 0 Å². The van der Waals surface area contributed by atoms with E-state index in [0.29, 0.717) is 6.54 Å². The first-order valence-corrected chi connectivity index (χ1v) is 6.78. The van der Waals surface area contributed by atoms with Crippen LogP contribution in [0.2, 0.25) is 0 Å². The minimum absolute atomic E-state index is 0.260. The van der Waals surface area contributed by atoms with Crippen molar-refractivity contribution in [2.45, 2.75) is 4.90 Å². The lowest BCUT2D eigenvalue weighted by atomic mass is 10.3. The molecule has 1 aromatic carbocycles. The lowest BCUT2D eigenvalue weighted by Gasteiger charge is -2.19. The van der Waals surface area contributed by atoms with Crippen LogP contribution in [-0.4, -0.2) is 57.0 Å². The van der Waals surface area contributed by atoms with Crippen LogP contribution in [0.3, 0.4) is 0 Å². The second kappa shape index (κ2) is 5.64. The highest BCUT2D eigenvalue weighted by Crippen LogP contribution is 2.21. The van der Waals surface area contributed by atoms with E-state index in [0.717, 1.165) is 22.5 Å². The van der Waals surface area contributed by atoms with Crippen molar-refractivity contribution in [3.05, 3.63) is 24.0 Å². The lowest BCUT2D eigenvalue weighted by molar-refractivity contribution is 0.357. The summed E-state index contributed by atoms with van der Waals surface area (Å²) in [6.07, 6.45) is 0. The van der Waals surface area contributed by atoms with E-state index in [1.54, 1.807) is 0 Å². The zero-order valence-corrected chi connectivity index (χ0v) is 11.4. The molecule has 0 aliphatic rings. The highest BCUT2D eigenvalue weighted by molar-refractivity contribution is 7.89. The molecule has 0 bridgehead atoms. The Kier molecular flexibility index (Phi) is 4.66. The quantitative estimate of drug-likeness (QED) is 0.860. The van der Waals surface area contributed by atoms with E-state index in [-0.39, 0.29) is 12.3 Å². The second-order valence-electron chi connectivity index (χ2n) is 4.24. The summed E-state index contributed by atoms with van der Waals surface area (Å²) in [4.78, 5) is 1.40. The first-order chi connectivity index (χ1) is 8.25. The van der Waals surface area contributed by atoms with Gasteiger partial charge in [-0.2, -0.15) is 4.31 Å². The third-order valence-corrected chi connectivity index (χ3v) is 4.36. The Morgan fingerprint density at radius 2 is 1.83 bits per heavy atom. The third kappa shape index (κ3) is 3.41. The minimum Gasteiger partial charge on any atom is -0.508 e. The molecular weight excluding hydrogens is 259 g/mol. The average Bonchev–Trinajstić information content (AvgIpc) is 2.24. The average molecular weight is 276 g/mol. The van der Waals surface area contributed by atoms with Crippen LogP contribution in [0, 0.1) is 5.82 Å². The largest absolute Gasteiger partial charge is 0.508 e. The van der Waals surface area contributed by atoms with Gasteiger partial charge >= 0.3 is 0 Å². The summed E-state index contributed by atoms with van der Waals surface area (Å²) in [5.41, 5.74) is 0. The molecule has 1 rings (SSSR count). The van der Waals surface area contributed by atoms with Gasteiger partial charge < -0.3 is 10.0 Å². The Bertz CT molecular complexity index is 517. The van der Waals surface area contributed by atoms with Crippen LogP contribution in [-0.2, 0) is 10.0 Å². The Balaban J connectivity index is 2.98. The summed E-state index contributed by atoms with van der Waals surface area (Å²) in [7, 11) is 1.17. The number of phenols is 1. The number of aromatic hydroxyl groups is 1. The van der Waals surface area contributed by atoms with Gasteiger partial charge in [-0.25, -0.2) is 12.8 Å². The number of sulfonamides is 1. The van der Waals surface area contributed by atoms with Crippen LogP contribution in [0.25, 0.3) is 0 Å². The van der Waals surface area contributed by atoms with Crippen molar-refractivity contribution in [3.63, 3.8) is 0 Å². The van der Waals surface area contributed by atoms with Crippen molar-refractivity contribution in [1.82, 2.24) is 9.21 Å². The maximum Gasteiger partial charge on any atom is 0.245 e. The van der Waals surface area contributed by atoms with Gasteiger partial charge in [0, 0.05) is 26.2 Å². The molecule has 0 fully saturated rings. The molecule has 7 heteroatoms. The molecule has 0 spiro atoms. The Hall–Kier alpha value is -1.18. The number of hydrogen-bond donors (Lipinski definition) is 1. The maximum absolute atomic E-state index is 13.5. The van der Waals surface area contributed by atoms with Crippen molar-refractivity contribution in [1.29, 1.82) is 0 Å². The van der Waals surface area contributed by atoms with E-state index in [1.807, 2.05) is 19.0 Å². The van der Waals surface area contributed by atoms with Crippen LogP contribution in [0.5, 0.6) is 5.75 Å². The highest BCUT2D eigenvalue weighted by atomic mass is 32.2. The smallest absolute Gasteiger partial charge is 0.245 e. The SMILES string of the molecule is CN(C)CCN(C)S(=O)(=O)c1ccc(O)cc1F. The van der Waals surface area contributed by atoms with Gasteiger partial charge in [0.2, 0.25) is 10.0 Å². The topological polar surface area (TPSA) is 60.9 Å². The van der Waals surface area contributed by atoms with Crippen molar-refractivity contribution >= 4 is 10.0 Å². The highest BCUT2D eigenvalue weighted by Gasteiger charge is 2.24. The fraction of sp³-hybridized carbons (Fsp3) is 0.455. The molecule has 0 aliphatic heterocycles. The van der Waals surface area contributed by atoms with Crippen LogP contribution >= 0.6 is 0 Å². The zero-order chi connectivity index (χ0) is 13.9. The number of benzene rings is 1. The predicted molar refractivity (Wildman–Crippen MR) is 66.4 cm³/mol. The molecule has 0 radical (unpaired) electrons. The van der Waals surface area contributed by atoms with Gasteiger partial charge in [-0.1, -0.05) is 0 Å². The first kappa shape index (κ1) is 14.9. The number of halogens is 1. The number of phenolic OH excluding ortho intramolecular Hbond substituents is 1. The van der Waals surface area contributed by atoms with Crippen LogP contribution in [0.1, 0.15) is 0 Å². The molecule has 1 aromatic rings. The second-order valence-corrected chi connectivity index (χ2v) is 6.26. The van der Waals surface area contributed by atoms with Crippen molar-refractivity contribution in [2.24, 2.45) is 0 Å². The predicted octanol–water partition coefficient (Wildman–Crippen LogP) is 0.713. The van der Waals surface area contributed by atoms with E-state index in [2.05, 4.69) is 0 Å². The summed E-state index contributed by atoms with van der Waals surface area (Å²) in [5, 5.41) is 9.06. The van der Waals surface area contributed by atoms with Crippen LogP contribution in [0.15, 0.2) is 23.1 Å². The van der Waals surface area contributed by atoms with Gasteiger partial charge in [0.25, 0.3) is 0 Å². The van der Waals surface area contributed by atoms with E-state index in [4.69, 9.17) is 5.11 Å². The molecule has 0 unspecified atom stereocenters. The molecule has 1 N–H and O–H groups in total. The number of hydrogen-bond acceptors (Lipinski definition) is 4. The minimum atomic E-state index is -3.86. The normalized spacial score (nSPS) is 12.3. The zero-order valence-electron chi connectivity index (χ0n) is 10.6. The molecule has 18 heavy (non-hydrogen) atoms. The summed E-state index contributed by atoms with van der Waals surface area (Å²) >= 11 is 0. The molecule has 0 amide bonds. The van der Waals surface area contributed by atoms with Crippen molar-refractivity contribution in [3.8, 4) is 5.75 Å². The van der Waals surface area contributed by atoms with Gasteiger partial charge in [-0.15, -0.1) is 0 Å². The summed E-state index contributed by atoms with van der Waals surface area (Å²) in [6, 6.07) is 2.99. The lowest BCUT2D eigenvalue weighted by Crippen LogP contribution is -2.33. The van der Waals surface area contributed by atoms with E-state index in [9.17, 15) is 12.8 Å². The van der Waals surface area contributed by atoms with E-state index >= 15 is 0 Å². The monoisotopic (exact) mass is 276 g/mol. The molecule has 0 heterocycles. The number of rotatable bonds is 5. The molecule has 0 saturated carbocycles. The fourth-order valence-electron chi connectivity index (χ4n) is 1.33. The first-order valence-electron chi connectivity index (χ1n) is 5.34. The standard InChI is InChI=1S/C11H17FN2O3S/c1-13(2)6-7-14(3)18(16,17)11-5-4-9(15)8-10(11)12/h4-5,8,15H,6-7H2,1-3H3. The fourth-order valence-corrected chi connectivity index (χ4v) is 2.53. The number of likely N-dealkylation sites (N-methyl/N-ethyl adjacent to an activating group) is 2. The van der Waals surface area contributed by atoms with Crippen LogP contribution in [0.4, 0.5) is 4.39 Å². The van der Waals surface area contributed by atoms with E-state index < -0.39 is 20.7 Å². The van der Waals surface area contributed by atoms with Gasteiger partial charge in [0.15, 0.2) is 0 Å². The summed E-state index contributed by atoms with van der Waals surface area (Å²) < 4.78 is 38.7. The van der Waals surface area contributed by atoms with Gasteiger partial charge in [0.05, 0.1) is 0 Å². The van der Waals surface area contributed by atoms with Gasteiger partial charge in [0.1, 0.15) is 16.5 Å². The maximum atomic E-state index is 13.5. The molecule has 0 aliphatic carbocycles. The molecular formula is C11H17FN2O3S. The third-order valence-electron chi connectivity index (χ3n) is 2.47. The molecule has 0 saturated heterocycles. The van der Waals surface area contributed by atoms with Gasteiger partial charge in [-0.05, 0) is 26.2 Å². The molecule has 0 aromatic heterocycles. The molecule has 5 nitrogen and oxygen atoms in total. The Morgan fingerprint density at radius 3 is 2.33 bits per heavy atom. The van der Waals surface area contributed by atoms with Crippen molar-refractivity contribution in [2.75, 3.05) is 34.2 Å². The van der Waals surface area contributed by atoms with Crippen LogP contribution < -0.4 is 0 Å². The summed E-state index contributed by atoms with van der Waals surface area (Å²) in [6.45, 7) is 0.797. The van der Waals surface area contributed by atoms with E-state index in [1.165, 1.54) is 7.05 Å². The summed E-state index contributed by atoms with van der Waals surface area (Å²) in [5.74, 6) is -1.26. The molecule has 0 atom stereocenters. The number of nitrogens with zero attached hydrogens (tertiary/aromatic N) is 2. The Morgan fingerprint density at radius 1 is 1.22 bits per heavy atom. The van der Waals surface area contributed by atoms with Crippen molar-refractivity contribution < 1.29 is 17.9 Å². The Labute approximate surface area is 106 Å².